The van der Waals surface area contributed by atoms with Gasteiger partial charge in [0.1, 0.15) is 5.69 Å². The van der Waals surface area contributed by atoms with E-state index in [0.29, 0.717) is 17.3 Å². The number of nitrogens with zero attached hydrogens (tertiary/aromatic N) is 1. The van der Waals surface area contributed by atoms with Gasteiger partial charge in [0.15, 0.2) is 0 Å². The molecule has 0 amide bonds. The van der Waals surface area contributed by atoms with Crippen LogP contribution >= 0.6 is 11.6 Å². The molecule has 0 unspecified atom stereocenters. The van der Waals surface area contributed by atoms with E-state index in [9.17, 15) is 0 Å². The van der Waals surface area contributed by atoms with E-state index < -0.39 is 0 Å². The first-order chi connectivity index (χ1) is 6.27. The number of ether oxygens (including phenoxy) is 1. The van der Waals surface area contributed by atoms with Crippen molar-refractivity contribution >= 4 is 17.3 Å². The van der Waals surface area contributed by atoms with Gasteiger partial charge in [-0.3, -0.25) is 0 Å². The first-order valence-corrected chi connectivity index (χ1v) is 4.16. The predicted molar refractivity (Wildman–Crippen MR) is 52.8 cm³/mol. The molecule has 0 saturated heterocycles. The van der Waals surface area contributed by atoms with Gasteiger partial charge in [0, 0.05) is 0 Å². The van der Waals surface area contributed by atoms with Gasteiger partial charge in [-0.2, -0.15) is 0 Å². The van der Waals surface area contributed by atoms with E-state index in [1.807, 2.05) is 0 Å². The maximum absolute atomic E-state index is 5.57. The topological polar surface area (TPSA) is 48.1 Å². The summed E-state index contributed by atoms with van der Waals surface area (Å²) in [4.78, 5) is 4.05. The van der Waals surface area contributed by atoms with Gasteiger partial charge in [0.25, 0.3) is 0 Å². The molecule has 0 aliphatic heterocycles. The molecule has 0 aliphatic rings. The minimum absolute atomic E-state index is 0.286. The molecule has 0 spiro atoms. The average Bonchev–Trinajstić information content (AvgIpc) is 2.16. The highest BCUT2D eigenvalue weighted by atomic mass is 35.5. The molecule has 1 aromatic heterocycles. The van der Waals surface area contributed by atoms with Gasteiger partial charge < -0.3 is 10.5 Å². The standard InChI is InChI=1S/C9H9ClN2O/c1-13-9-8(11)5-4-7(12-9)3-2-6-10/h4-5H,6,11H2,1H3. The fourth-order valence-electron chi connectivity index (χ4n) is 0.808. The maximum Gasteiger partial charge on any atom is 0.238 e. The Balaban J connectivity index is 2.99. The molecule has 0 fully saturated rings. The Morgan fingerprint density at radius 2 is 2.38 bits per heavy atom. The summed E-state index contributed by atoms with van der Waals surface area (Å²) in [5.41, 5.74) is 6.67. The van der Waals surface area contributed by atoms with Gasteiger partial charge in [-0.25, -0.2) is 4.98 Å². The summed E-state index contributed by atoms with van der Waals surface area (Å²) < 4.78 is 4.93. The Bertz CT molecular complexity index is 354. The minimum Gasteiger partial charge on any atom is -0.479 e. The highest BCUT2D eigenvalue weighted by Gasteiger charge is 1.99. The van der Waals surface area contributed by atoms with Crippen LogP contribution in [0.5, 0.6) is 5.88 Å². The van der Waals surface area contributed by atoms with Crippen LogP contribution < -0.4 is 10.5 Å². The zero-order valence-corrected chi connectivity index (χ0v) is 7.93. The van der Waals surface area contributed by atoms with Crippen molar-refractivity contribution in [1.29, 1.82) is 0 Å². The number of rotatable bonds is 1. The quantitative estimate of drug-likeness (QED) is 0.544. The van der Waals surface area contributed by atoms with Crippen LogP contribution in [-0.2, 0) is 0 Å². The molecule has 1 rings (SSSR count). The van der Waals surface area contributed by atoms with E-state index >= 15 is 0 Å². The highest BCUT2D eigenvalue weighted by Crippen LogP contribution is 2.16. The molecule has 0 aromatic carbocycles. The molecule has 68 valence electrons. The summed E-state index contributed by atoms with van der Waals surface area (Å²) in [5.74, 6) is 6.14. The average molecular weight is 197 g/mol. The number of halogens is 1. The van der Waals surface area contributed by atoms with Crippen LogP contribution in [-0.4, -0.2) is 18.0 Å². The van der Waals surface area contributed by atoms with E-state index in [1.165, 1.54) is 7.11 Å². The fourth-order valence-corrected chi connectivity index (χ4v) is 0.875. The van der Waals surface area contributed by atoms with Crippen molar-refractivity contribution in [3.05, 3.63) is 17.8 Å². The SMILES string of the molecule is COc1nc(C#CCCl)ccc1N. The van der Waals surface area contributed by atoms with E-state index in [-0.39, 0.29) is 5.88 Å². The summed E-state index contributed by atoms with van der Waals surface area (Å²) in [6, 6.07) is 3.42. The fraction of sp³-hybridized carbons (Fsp3) is 0.222. The maximum atomic E-state index is 5.57. The van der Waals surface area contributed by atoms with Gasteiger partial charge >= 0.3 is 0 Å². The Morgan fingerprint density at radius 1 is 1.62 bits per heavy atom. The molecular formula is C9H9ClN2O. The molecule has 0 radical (unpaired) electrons. The predicted octanol–water partition coefficient (Wildman–Crippen LogP) is 1.26. The second-order valence-corrected chi connectivity index (χ2v) is 2.50. The molecule has 0 atom stereocenters. The summed E-state index contributed by atoms with van der Waals surface area (Å²) >= 11 is 5.40. The van der Waals surface area contributed by atoms with Crippen LogP contribution in [0.4, 0.5) is 5.69 Å². The number of methoxy groups -OCH3 is 1. The van der Waals surface area contributed by atoms with Gasteiger partial charge in [0.2, 0.25) is 5.88 Å². The van der Waals surface area contributed by atoms with Crippen molar-refractivity contribution < 1.29 is 4.74 Å². The third kappa shape index (κ3) is 2.53. The summed E-state index contributed by atoms with van der Waals surface area (Å²) in [7, 11) is 1.51. The third-order valence-electron chi connectivity index (χ3n) is 1.37. The number of hydrogen-bond donors (Lipinski definition) is 1. The molecule has 4 heteroatoms. The van der Waals surface area contributed by atoms with E-state index in [1.54, 1.807) is 12.1 Å². The third-order valence-corrected chi connectivity index (χ3v) is 1.50. The number of nitrogens with two attached hydrogens (primary N) is 1. The first-order valence-electron chi connectivity index (χ1n) is 3.63. The number of alkyl halides is 1. The largest absolute Gasteiger partial charge is 0.479 e. The Morgan fingerprint density at radius 3 is 3.00 bits per heavy atom. The number of aromatic nitrogens is 1. The molecule has 13 heavy (non-hydrogen) atoms. The van der Waals surface area contributed by atoms with Crippen LogP contribution in [0.1, 0.15) is 5.69 Å². The number of hydrogen-bond acceptors (Lipinski definition) is 3. The van der Waals surface area contributed by atoms with Crippen LogP contribution in [0.2, 0.25) is 0 Å². The smallest absolute Gasteiger partial charge is 0.238 e. The van der Waals surface area contributed by atoms with Crippen molar-refractivity contribution in [2.45, 2.75) is 0 Å². The normalized spacial score (nSPS) is 8.77. The summed E-state index contributed by atoms with van der Waals surface area (Å²) in [5, 5.41) is 0. The first kappa shape index (κ1) is 9.69. The van der Waals surface area contributed by atoms with E-state index in [2.05, 4.69) is 16.8 Å². The molecular weight excluding hydrogens is 188 g/mol. The lowest BCUT2D eigenvalue weighted by molar-refractivity contribution is 0.400. The van der Waals surface area contributed by atoms with Crippen LogP contribution in [0.15, 0.2) is 12.1 Å². The Labute approximate surface area is 81.9 Å². The van der Waals surface area contributed by atoms with Gasteiger partial charge in [0.05, 0.1) is 18.7 Å². The summed E-state index contributed by atoms with van der Waals surface area (Å²) in [6.45, 7) is 0. The number of pyridine rings is 1. The van der Waals surface area contributed by atoms with Gasteiger partial charge in [-0.1, -0.05) is 5.92 Å². The molecule has 0 aliphatic carbocycles. The lowest BCUT2D eigenvalue weighted by atomic mass is 10.3. The van der Waals surface area contributed by atoms with Crippen molar-refractivity contribution in [3.63, 3.8) is 0 Å². The van der Waals surface area contributed by atoms with Crippen molar-refractivity contribution in [2.24, 2.45) is 0 Å². The molecule has 1 heterocycles. The lowest BCUT2D eigenvalue weighted by Gasteiger charge is -2.01. The second-order valence-electron chi connectivity index (χ2n) is 2.23. The Kier molecular flexibility index (Phi) is 3.41. The Hall–Kier alpha value is -1.40. The van der Waals surface area contributed by atoms with Crippen molar-refractivity contribution in [1.82, 2.24) is 4.98 Å². The van der Waals surface area contributed by atoms with E-state index in [0.717, 1.165) is 0 Å². The second kappa shape index (κ2) is 4.58. The lowest BCUT2D eigenvalue weighted by Crippen LogP contribution is -1.96. The van der Waals surface area contributed by atoms with Gasteiger partial charge in [-0.05, 0) is 18.1 Å². The van der Waals surface area contributed by atoms with Crippen LogP contribution in [0, 0.1) is 11.8 Å². The molecule has 3 nitrogen and oxygen atoms in total. The number of nitrogen functional groups attached to an aromatic ring is 1. The number of anilines is 1. The van der Waals surface area contributed by atoms with Crippen LogP contribution in [0.25, 0.3) is 0 Å². The molecule has 0 bridgehead atoms. The minimum atomic E-state index is 0.286. The van der Waals surface area contributed by atoms with Crippen molar-refractivity contribution in [3.8, 4) is 17.7 Å². The summed E-state index contributed by atoms with van der Waals surface area (Å²) in [6.07, 6.45) is 0. The molecule has 1 aromatic rings. The van der Waals surface area contributed by atoms with E-state index in [4.69, 9.17) is 22.1 Å². The molecule has 2 N–H and O–H groups in total. The zero-order chi connectivity index (χ0) is 9.68. The molecule has 0 saturated carbocycles. The van der Waals surface area contributed by atoms with Crippen molar-refractivity contribution in [2.75, 3.05) is 18.7 Å². The monoisotopic (exact) mass is 196 g/mol. The zero-order valence-electron chi connectivity index (χ0n) is 7.17. The van der Waals surface area contributed by atoms with Gasteiger partial charge in [-0.15, -0.1) is 11.6 Å². The van der Waals surface area contributed by atoms with Crippen LogP contribution in [0.3, 0.4) is 0 Å². The highest BCUT2D eigenvalue weighted by molar-refractivity contribution is 6.19.